The molecule has 3 aromatic carbocycles. The highest BCUT2D eigenvalue weighted by atomic mass is 19.4. The molecule has 0 saturated carbocycles. The highest BCUT2D eigenvalue weighted by Gasteiger charge is 2.31. The summed E-state index contributed by atoms with van der Waals surface area (Å²) < 4.78 is 45.7. The zero-order valence-corrected chi connectivity index (χ0v) is 24.9. The number of nitrogens with zero attached hydrogens (tertiary/aromatic N) is 1. The maximum Gasteiger partial charge on any atom is 0.416 e. The predicted molar refractivity (Wildman–Crippen MR) is 162 cm³/mol. The first-order chi connectivity index (χ1) is 20.9. The minimum Gasteiger partial charge on any atom is -0.456 e. The van der Waals surface area contributed by atoms with Crippen molar-refractivity contribution in [2.24, 2.45) is 11.5 Å². The van der Waals surface area contributed by atoms with Gasteiger partial charge in [-0.3, -0.25) is 9.59 Å². The van der Waals surface area contributed by atoms with Crippen LogP contribution in [0.1, 0.15) is 74.5 Å². The normalized spacial score (nSPS) is 12.8. The van der Waals surface area contributed by atoms with E-state index in [1.54, 1.807) is 4.90 Å². The van der Waals surface area contributed by atoms with Gasteiger partial charge in [0.15, 0.2) is 0 Å². The number of hydrogen-bond donors (Lipinski definition) is 3. The number of alkyl halides is 3. The zero-order valence-electron chi connectivity index (χ0n) is 24.9. The first-order valence-corrected chi connectivity index (χ1v) is 14.5. The first-order valence-electron chi connectivity index (χ1n) is 14.5. The Labute approximate surface area is 255 Å². The van der Waals surface area contributed by atoms with Gasteiger partial charge in [-0.25, -0.2) is 4.79 Å². The van der Waals surface area contributed by atoms with Crippen molar-refractivity contribution in [2.75, 3.05) is 19.6 Å². The summed E-state index contributed by atoms with van der Waals surface area (Å²) in [6.45, 7) is 5.37. The van der Waals surface area contributed by atoms with Gasteiger partial charge in [-0.15, -0.1) is 0 Å². The average Bonchev–Trinajstić information content (AvgIpc) is 3.00. The van der Waals surface area contributed by atoms with E-state index in [1.807, 2.05) is 44.2 Å². The van der Waals surface area contributed by atoms with Gasteiger partial charge in [0.25, 0.3) is 5.91 Å². The fraction of sp³-hybridized carbons (Fsp3) is 0.364. The van der Waals surface area contributed by atoms with E-state index in [2.05, 4.69) is 5.32 Å². The zero-order chi connectivity index (χ0) is 32.3. The van der Waals surface area contributed by atoms with Crippen LogP contribution in [0.4, 0.5) is 13.2 Å². The lowest BCUT2D eigenvalue weighted by molar-refractivity contribution is -0.137. The molecule has 0 aliphatic heterocycles. The summed E-state index contributed by atoms with van der Waals surface area (Å²) in [6.07, 6.45) is -4.07. The molecule has 0 heterocycles. The Morgan fingerprint density at radius 3 is 2.09 bits per heavy atom. The number of nitrogens with two attached hydrogens (primary N) is 2. The van der Waals surface area contributed by atoms with Crippen molar-refractivity contribution < 1.29 is 32.3 Å². The summed E-state index contributed by atoms with van der Waals surface area (Å²) in [4.78, 5) is 40.5. The third-order valence-electron chi connectivity index (χ3n) is 6.95. The molecule has 0 unspecified atom stereocenters. The van der Waals surface area contributed by atoms with E-state index >= 15 is 0 Å². The molecule has 0 aliphatic carbocycles. The topological polar surface area (TPSA) is 128 Å². The van der Waals surface area contributed by atoms with Gasteiger partial charge in [-0.2, -0.15) is 13.2 Å². The Bertz CT molecular complexity index is 1410. The fourth-order valence-corrected chi connectivity index (χ4v) is 4.77. The van der Waals surface area contributed by atoms with Crippen LogP contribution in [-0.4, -0.2) is 54.5 Å². The Morgan fingerprint density at radius 2 is 1.48 bits per heavy atom. The van der Waals surface area contributed by atoms with E-state index in [-0.39, 0.29) is 35.6 Å². The van der Waals surface area contributed by atoms with Gasteiger partial charge < -0.3 is 26.4 Å². The summed E-state index contributed by atoms with van der Waals surface area (Å²) in [5.74, 6) is -2.03. The van der Waals surface area contributed by atoms with Crippen LogP contribution in [0.5, 0.6) is 0 Å². The van der Waals surface area contributed by atoms with E-state index in [9.17, 15) is 27.6 Å². The molecule has 0 bridgehead atoms. The number of esters is 1. The molecule has 3 rings (SSSR count). The van der Waals surface area contributed by atoms with Crippen molar-refractivity contribution >= 4 is 17.8 Å². The molecule has 2 atom stereocenters. The number of nitrogens with one attached hydrogen (secondary N) is 1. The molecule has 0 aromatic heterocycles. The van der Waals surface area contributed by atoms with E-state index in [1.165, 1.54) is 30.3 Å². The smallest absolute Gasteiger partial charge is 0.416 e. The van der Waals surface area contributed by atoms with Crippen LogP contribution in [0.15, 0.2) is 72.8 Å². The van der Waals surface area contributed by atoms with Crippen molar-refractivity contribution in [3.8, 4) is 0 Å². The number of amides is 2. The van der Waals surface area contributed by atoms with Gasteiger partial charge in [-0.05, 0) is 54.7 Å². The number of ether oxygens (including phenoxy) is 1. The van der Waals surface area contributed by atoms with E-state index in [0.717, 1.165) is 30.5 Å². The molecule has 0 radical (unpaired) electrons. The lowest BCUT2D eigenvalue weighted by Crippen LogP contribution is -2.46. The first kappa shape index (κ1) is 34.3. The Morgan fingerprint density at radius 1 is 0.864 bits per heavy atom. The van der Waals surface area contributed by atoms with Gasteiger partial charge in [0.05, 0.1) is 11.1 Å². The van der Waals surface area contributed by atoms with Crippen LogP contribution in [0.3, 0.4) is 0 Å². The molecule has 2 amide bonds. The average molecular weight is 613 g/mol. The highest BCUT2D eigenvalue weighted by molar-refractivity contribution is 6.03. The molecule has 8 nitrogen and oxygen atoms in total. The second kappa shape index (κ2) is 16.0. The van der Waals surface area contributed by atoms with E-state index in [4.69, 9.17) is 16.2 Å². The van der Waals surface area contributed by atoms with Crippen molar-refractivity contribution in [3.05, 3.63) is 106 Å². The number of carbonyl (C=O) groups is 3. The molecule has 0 fully saturated rings. The molecular formula is C33H39F3N4O4. The van der Waals surface area contributed by atoms with Crippen molar-refractivity contribution in [1.29, 1.82) is 0 Å². The van der Waals surface area contributed by atoms with Crippen molar-refractivity contribution in [2.45, 2.75) is 58.0 Å². The van der Waals surface area contributed by atoms with Crippen molar-refractivity contribution in [1.82, 2.24) is 10.2 Å². The summed E-state index contributed by atoms with van der Waals surface area (Å²) in [5.41, 5.74) is 12.4. The number of primary amides is 1. The Balaban J connectivity index is 1.88. The largest absolute Gasteiger partial charge is 0.456 e. The summed E-state index contributed by atoms with van der Waals surface area (Å²) >= 11 is 0. The molecule has 44 heavy (non-hydrogen) atoms. The fourth-order valence-electron chi connectivity index (χ4n) is 4.77. The van der Waals surface area contributed by atoms with E-state index in [0.29, 0.717) is 25.2 Å². The third kappa shape index (κ3) is 9.92. The SMILES string of the molecule is CCCN(CCC)C(=O)c1cc(C(N)=O)cc(C(=O)O[C@H](CNCc2ccccc2)[C@@H](N)Cc2cccc(C(F)(F)F)c2)c1. The van der Waals surface area contributed by atoms with Crippen LogP contribution < -0.4 is 16.8 Å². The summed E-state index contributed by atoms with van der Waals surface area (Å²) in [6, 6.07) is 17.3. The maximum absolute atomic E-state index is 13.5. The van der Waals surface area contributed by atoms with Gasteiger partial charge in [0.2, 0.25) is 5.91 Å². The highest BCUT2D eigenvalue weighted by Crippen LogP contribution is 2.30. The second-order valence-electron chi connectivity index (χ2n) is 10.6. The number of halogens is 3. The lowest BCUT2D eigenvalue weighted by atomic mass is 9.99. The lowest BCUT2D eigenvalue weighted by Gasteiger charge is -2.25. The molecular weight excluding hydrogens is 573 g/mol. The standard InChI is InChI=1S/C33H39F3N4O4/c1-3-13-40(14-4-2)31(42)25-17-24(30(38)41)18-26(19-25)32(43)44-29(21-39-20-22-9-6-5-7-10-22)28(37)16-23-11-8-12-27(15-23)33(34,35)36/h5-12,15,17-19,28-29,39H,3-4,13-14,16,20-21,37H2,1-2H3,(H2,38,41)/t28-,29+/m0/s1. The predicted octanol–water partition coefficient (Wildman–Crippen LogP) is 4.95. The van der Waals surface area contributed by atoms with Crippen LogP contribution in [-0.2, 0) is 23.9 Å². The number of benzene rings is 3. The van der Waals surface area contributed by atoms with E-state index < -0.39 is 35.8 Å². The Hall–Kier alpha value is -4.22. The minimum absolute atomic E-state index is 0.0110. The molecule has 0 aliphatic rings. The van der Waals surface area contributed by atoms with Crippen LogP contribution >= 0.6 is 0 Å². The van der Waals surface area contributed by atoms with Crippen molar-refractivity contribution in [3.63, 3.8) is 0 Å². The molecule has 236 valence electrons. The van der Waals surface area contributed by atoms with Gasteiger partial charge in [0.1, 0.15) is 6.10 Å². The maximum atomic E-state index is 13.5. The number of rotatable bonds is 15. The van der Waals surface area contributed by atoms with Gasteiger partial charge >= 0.3 is 12.1 Å². The minimum atomic E-state index is -4.52. The monoisotopic (exact) mass is 612 g/mol. The van der Waals surface area contributed by atoms with Gasteiger partial charge in [-0.1, -0.05) is 62.4 Å². The second-order valence-corrected chi connectivity index (χ2v) is 10.6. The van der Waals surface area contributed by atoms with Crippen LogP contribution in [0.2, 0.25) is 0 Å². The molecule has 0 saturated heterocycles. The molecule has 11 heteroatoms. The van der Waals surface area contributed by atoms with Gasteiger partial charge in [0, 0.05) is 43.3 Å². The number of carbonyl (C=O) groups excluding carboxylic acids is 3. The molecule has 5 N–H and O–H groups in total. The van der Waals surface area contributed by atoms with Crippen LogP contribution in [0.25, 0.3) is 0 Å². The molecule has 3 aromatic rings. The molecule has 0 spiro atoms. The summed E-state index contributed by atoms with van der Waals surface area (Å²) in [5, 5.41) is 3.19. The van der Waals surface area contributed by atoms with Crippen LogP contribution in [0, 0.1) is 0 Å². The number of hydrogen-bond acceptors (Lipinski definition) is 6. The Kier molecular flexibility index (Phi) is 12.5. The summed E-state index contributed by atoms with van der Waals surface area (Å²) in [7, 11) is 0. The quantitative estimate of drug-likeness (QED) is 0.209. The third-order valence-corrected chi connectivity index (χ3v) is 6.95.